The molecule has 1 fully saturated rings. The fourth-order valence-electron chi connectivity index (χ4n) is 3.35. The molecule has 8 heteroatoms. The Bertz CT molecular complexity index is 874. The highest BCUT2D eigenvalue weighted by atomic mass is 32.1. The number of fused-ring (bicyclic) bond motifs is 1. The Morgan fingerprint density at radius 1 is 1.07 bits per heavy atom. The molecule has 2 amide bonds. The molecular formula is C19H21N3O4S. The fourth-order valence-corrected chi connectivity index (χ4v) is 4.24. The Balaban J connectivity index is 1.36. The van der Waals surface area contributed by atoms with Gasteiger partial charge in [0.2, 0.25) is 6.10 Å². The third-order valence-electron chi connectivity index (χ3n) is 4.76. The van der Waals surface area contributed by atoms with Crippen molar-refractivity contribution in [1.29, 1.82) is 0 Å². The van der Waals surface area contributed by atoms with Gasteiger partial charge in [0.1, 0.15) is 11.5 Å². The highest BCUT2D eigenvalue weighted by molar-refractivity contribution is 7.13. The van der Waals surface area contributed by atoms with E-state index in [1.807, 2.05) is 32.0 Å². The number of para-hydroxylation sites is 2. The molecule has 2 aromatic rings. The van der Waals surface area contributed by atoms with E-state index < -0.39 is 6.10 Å². The van der Waals surface area contributed by atoms with Crippen LogP contribution in [0.2, 0.25) is 0 Å². The molecule has 0 spiro atoms. The molecule has 142 valence electrons. The van der Waals surface area contributed by atoms with Gasteiger partial charge in [0.15, 0.2) is 11.5 Å². The number of nitrogens with zero attached hydrogens (tertiary/aromatic N) is 3. The zero-order chi connectivity index (χ0) is 19.0. The van der Waals surface area contributed by atoms with Crippen molar-refractivity contribution in [1.82, 2.24) is 14.8 Å². The van der Waals surface area contributed by atoms with Crippen LogP contribution in [0.5, 0.6) is 11.5 Å². The van der Waals surface area contributed by atoms with Crippen LogP contribution < -0.4 is 9.47 Å². The van der Waals surface area contributed by atoms with E-state index in [9.17, 15) is 9.59 Å². The van der Waals surface area contributed by atoms with Crippen molar-refractivity contribution < 1.29 is 19.1 Å². The molecule has 0 N–H and O–H groups in total. The second-order valence-electron chi connectivity index (χ2n) is 6.63. The summed E-state index contributed by atoms with van der Waals surface area (Å²) in [6.45, 7) is 5.95. The molecular weight excluding hydrogens is 366 g/mol. The minimum Gasteiger partial charge on any atom is -0.485 e. The largest absolute Gasteiger partial charge is 0.485 e. The number of aromatic nitrogens is 1. The standard InChI is InChI=1S/C19H21N3O4S/c1-12-17(27-13(2)20-12)19(24)22-9-7-21(8-10-22)18(23)16-11-25-14-5-3-4-6-15(14)26-16/h3-6,16H,7-11H2,1-2H3. The Kier molecular flexibility index (Phi) is 4.73. The van der Waals surface area contributed by atoms with E-state index in [1.54, 1.807) is 15.9 Å². The highest BCUT2D eigenvalue weighted by Crippen LogP contribution is 2.31. The van der Waals surface area contributed by atoms with Crippen LogP contribution in [0.1, 0.15) is 20.4 Å². The number of hydrogen-bond acceptors (Lipinski definition) is 6. The Labute approximate surface area is 161 Å². The van der Waals surface area contributed by atoms with Crippen LogP contribution in [0.3, 0.4) is 0 Å². The third kappa shape index (κ3) is 3.49. The molecule has 1 atom stereocenters. The summed E-state index contributed by atoms with van der Waals surface area (Å²) < 4.78 is 11.4. The average Bonchev–Trinajstić information content (AvgIpc) is 3.04. The van der Waals surface area contributed by atoms with Crippen molar-refractivity contribution in [3.05, 3.63) is 39.8 Å². The minimum absolute atomic E-state index is 0.00336. The topological polar surface area (TPSA) is 72.0 Å². The van der Waals surface area contributed by atoms with Crippen LogP contribution in [0.15, 0.2) is 24.3 Å². The Hall–Kier alpha value is -2.61. The lowest BCUT2D eigenvalue weighted by molar-refractivity contribution is -0.142. The molecule has 1 aromatic heterocycles. The highest BCUT2D eigenvalue weighted by Gasteiger charge is 2.34. The van der Waals surface area contributed by atoms with Gasteiger partial charge in [-0.1, -0.05) is 12.1 Å². The van der Waals surface area contributed by atoms with E-state index in [-0.39, 0.29) is 18.4 Å². The van der Waals surface area contributed by atoms with Gasteiger partial charge in [0.25, 0.3) is 11.8 Å². The number of hydrogen-bond donors (Lipinski definition) is 0. The van der Waals surface area contributed by atoms with E-state index in [0.29, 0.717) is 42.6 Å². The predicted molar refractivity (Wildman–Crippen MR) is 100 cm³/mol. The molecule has 0 saturated carbocycles. The number of ether oxygens (including phenoxy) is 2. The molecule has 2 aliphatic rings. The van der Waals surface area contributed by atoms with Crippen LogP contribution in [0.4, 0.5) is 0 Å². The zero-order valence-electron chi connectivity index (χ0n) is 15.3. The SMILES string of the molecule is Cc1nc(C)c(C(=O)N2CCN(C(=O)C3COc4ccccc4O3)CC2)s1. The number of carbonyl (C=O) groups is 2. The average molecular weight is 387 g/mol. The van der Waals surface area contributed by atoms with E-state index in [4.69, 9.17) is 9.47 Å². The number of amides is 2. The molecule has 1 saturated heterocycles. The normalized spacial score (nSPS) is 19.1. The molecule has 27 heavy (non-hydrogen) atoms. The maximum Gasteiger partial charge on any atom is 0.267 e. The first-order chi connectivity index (χ1) is 13.0. The van der Waals surface area contributed by atoms with E-state index >= 15 is 0 Å². The smallest absolute Gasteiger partial charge is 0.267 e. The lowest BCUT2D eigenvalue weighted by atomic mass is 10.2. The maximum atomic E-state index is 12.8. The molecule has 0 radical (unpaired) electrons. The number of carbonyl (C=O) groups excluding carboxylic acids is 2. The van der Waals surface area contributed by atoms with Crippen LogP contribution in [0, 0.1) is 13.8 Å². The number of rotatable bonds is 2. The quantitative estimate of drug-likeness (QED) is 0.787. The summed E-state index contributed by atoms with van der Waals surface area (Å²) in [4.78, 5) is 34.0. The number of aryl methyl sites for hydroxylation is 2. The summed E-state index contributed by atoms with van der Waals surface area (Å²) in [6.07, 6.45) is -0.645. The maximum absolute atomic E-state index is 12.8. The third-order valence-corrected chi connectivity index (χ3v) is 5.82. The van der Waals surface area contributed by atoms with E-state index in [0.717, 1.165) is 10.7 Å². The molecule has 0 bridgehead atoms. The first-order valence-electron chi connectivity index (χ1n) is 8.93. The molecule has 1 unspecified atom stereocenters. The van der Waals surface area contributed by atoms with Crippen LogP contribution in [-0.2, 0) is 4.79 Å². The monoisotopic (exact) mass is 387 g/mol. The lowest BCUT2D eigenvalue weighted by Crippen LogP contribution is -2.55. The molecule has 7 nitrogen and oxygen atoms in total. The van der Waals surface area contributed by atoms with Crippen molar-refractivity contribution in [3.8, 4) is 11.5 Å². The zero-order valence-corrected chi connectivity index (χ0v) is 16.1. The number of benzene rings is 1. The van der Waals surface area contributed by atoms with Gasteiger partial charge in [-0.3, -0.25) is 9.59 Å². The van der Waals surface area contributed by atoms with Crippen LogP contribution in [0.25, 0.3) is 0 Å². The van der Waals surface area contributed by atoms with Crippen LogP contribution in [-0.4, -0.2) is 65.5 Å². The second kappa shape index (κ2) is 7.19. The molecule has 0 aliphatic carbocycles. The molecule has 1 aromatic carbocycles. The first kappa shape index (κ1) is 17.8. The Morgan fingerprint density at radius 2 is 1.74 bits per heavy atom. The Morgan fingerprint density at radius 3 is 2.41 bits per heavy atom. The molecule has 4 rings (SSSR count). The van der Waals surface area contributed by atoms with Gasteiger partial charge >= 0.3 is 0 Å². The van der Waals surface area contributed by atoms with Gasteiger partial charge in [-0.05, 0) is 26.0 Å². The fraction of sp³-hybridized carbons (Fsp3) is 0.421. The number of piperazine rings is 1. The van der Waals surface area contributed by atoms with Gasteiger partial charge in [0, 0.05) is 26.2 Å². The van der Waals surface area contributed by atoms with Gasteiger partial charge < -0.3 is 19.3 Å². The molecule has 3 heterocycles. The summed E-state index contributed by atoms with van der Waals surface area (Å²) in [5.41, 5.74) is 0.771. The minimum atomic E-state index is -0.645. The van der Waals surface area contributed by atoms with E-state index in [2.05, 4.69) is 4.98 Å². The van der Waals surface area contributed by atoms with Crippen molar-refractivity contribution >= 4 is 23.2 Å². The van der Waals surface area contributed by atoms with Gasteiger partial charge in [-0.2, -0.15) is 0 Å². The predicted octanol–water partition coefficient (Wildman–Crippen LogP) is 1.88. The van der Waals surface area contributed by atoms with Gasteiger partial charge in [0.05, 0.1) is 10.7 Å². The molecule has 2 aliphatic heterocycles. The van der Waals surface area contributed by atoms with Gasteiger partial charge in [-0.15, -0.1) is 11.3 Å². The summed E-state index contributed by atoms with van der Waals surface area (Å²) in [6, 6.07) is 7.34. The first-order valence-corrected chi connectivity index (χ1v) is 9.75. The van der Waals surface area contributed by atoms with Gasteiger partial charge in [-0.25, -0.2) is 4.98 Å². The summed E-state index contributed by atoms with van der Waals surface area (Å²) >= 11 is 1.42. The van der Waals surface area contributed by atoms with Crippen molar-refractivity contribution in [2.75, 3.05) is 32.8 Å². The summed E-state index contributed by atoms with van der Waals surface area (Å²) in [7, 11) is 0. The van der Waals surface area contributed by atoms with Crippen molar-refractivity contribution in [2.24, 2.45) is 0 Å². The van der Waals surface area contributed by atoms with E-state index in [1.165, 1.54) is 11.3 Å². The van der Waals surface area contributed by atoms with Crippen LogP contribution >= 0.6 is 11.3 Å². The number of thiazole rings is 1. The van der Waals surface area contributed by atoms with Crippen molar-refractivity contribution in [2.45, 2.75) is 20.0 Å². The van der Waals surface area contributed by atoms with Crippen molar-refractivity contribution in [3.63, 3.8) is 0 Å². The summed E-state index contributed by atoms with van der Waals surface area (Å²) in [5, 5.41) is 0.888. The second-order valence-corrected chi connectivity index (χ2v) is 7.83. The lowest BCUT2D eigenvalue weighted by Gasteiger charge is -2.37. The summed E-state index contributed by atoms with van der Waals surface area (Å²) in [5.74, 6) is 1.15.